The molecular weight excluding hydrogens is 120 g/mol. The van der Waals surface area contributed by atoms with Gasteiger partial charge in [0.15, 0.2) is 0 Å². The van der Waals surface area contributed by atoms with E-state index in [1.54, 1.807) is 12.8 Å². The van der Waals surface area contributed by atoms with Crippen LogP contribution in [0.1, 0.15) is 12.8 Å². The molecule has 0 aromatic rings. The van der Waals surface area contributed by atoms with E-state index >= 15 is 0 Å². The molecule has 4 aliphatic rings. The van der Waals surface area contributed by atoms with E-state index < -0.39 is 0 Å². The summed E-state index contributed by atoms with van der Waals surface area (Å²) < 4.78 is 0. The Morgan fingerprint density at radius 2 is 1.40 bits per heavy atom. The highest BCUT2D eigenvalue weighted by molar-refractivity contribution is 5.29. The normalized spacial score (nSPS) is 72.8. The van der Waals surface area contributed by atoms with Gasteiger partial charge in [-0.3, -0.25) is 0 Å². The van der Waals surface area contributed by atoms with Crippen molar-refractivity contribution in [3.63, 3.8) is 0 Å². The van der Waals surface area contributed by atoms with Gasteiger partial charge >= 0.3 is 0 Å². The lowest BCUT2D eigenvalue weighted by Crippen LogP contribution is -2.56. The van der Waals surface area contributed by atoms with Crippen LogP contribution in [0.5, 0.6) is 0 Å². The van der Waals surface area contributed by atoms with Crippen molar-refractivity contribution in [3.8, 4) is 0 Å². The minimum Gasteiger partial charge on any atom is -0.0845 e. The summed E-state index contributed by atoms with van der Waals surface area (Å²) in [6.45, 7) is 0. The molecule has 4 rings (SSSR count). The van der Waals surface area contributed by atoms with Crippen molar-refractivity contribution in [1.29, 1.82) is 0 Å². The van der Waals surface area contributed by atoms with Gasteiger partial charge in [-0.25, -0.2) is 0 Å². The van der Waals surface area contributed by atoms with Gasteiger partial charge in [-0.15, -0.1) is 0 Å². The van der Waals surface area contributed by atoms with Crippen LogP contribution in [0.2, 0.25) is 0 Å². The number of hydrogen-bond acceptors (Lipinski definition) is 0. The van der Waals surface area contributed by atoms with Crippen molar-refractivity contribution < 1.29 is 0 Å². The molecule has 0 heteroatoms. The molecule has 2 unspecified atom stereocenters. The van der Waals surface area contributed by atoms with Crippen molar-refractivity contribution in [1.82, 2.24) is 0 Å². The first-order chi connectivity index (χ1) is 4.97. The molecule has 0 aromatic heterocycles. The Balaban J connectivity index is 1.93. The van der Waals surface area contributed by atoms with Crippen LogP contribution < -0.4 is 0 Å². The van der Waals surface area contributed by atoms with E-state index in [4.69, 9.17) is 0 Å². The molecule has 0 N–H and O–H groups in total. The molecule has 0 heterocycles. The number of allylic oxidation sites excluding steroid dienone is 2. The second kappa shape index (κ2) is 1.11. The molecule has 0 nitrogen and oxygen atoms in total. The molecule has 0 aromatic carbocycles. The molecule has 0 saturated heterocycles. The molecular formula is C10H12. The fourth-order valence-corrected chi connectivity index (χ4v) is 4.40. The zero-order chi connectivity index (χ0) is 6.29. The average Bonchev–Trinajstić information content (AvgIpc) is 2.10. The quantitative estimate of drug-likeness (QED) is 0.443. The van der Waals surface area contributed by atoms with Gasteiger partial charge in [0.05, 0.1) is 0 Å². The summed E-state index contributed by atoms with van der Waals surface area (Å²) in [7, 11) is 0. The lowest BCUT2D eigenvalue weighted by molar-refractivity contribution is -0.112. The highest BCUT2D eigenvalue weighted by atomic mass is 14.7. The maximum Gasteiger partial charge on any atom is -0.0165 e. The van der Waals surface area contributed by atoms with Gasteiger partial charge in [-0.05, 0) is 48.3 Å². The smallest absolute Gasteiger partial charge is 0.0165 e. The van der Waals surface area contributed by atoms with E-state index in [2.05, 4.69) is 12.2 Å². The minimum absolute atomic E-state index is 1.06. The Labute approximate surface area is 61.3 Å². The number of hydrogen-bond donors (Lipinski definition) is 0. The largest absolute Gasteiger partial charge is 0.0845 e. The Hall–Kier alpha value is -0.260. The van der Waals surface area contributed by atoms with Crippen molar-refractivity contribution in [2.45, 2.75) is 12.8 Å². The fraction of sp³-hybridized carbons (Fsp3) is 0.800. The van der Waals surface area contributed by atoms with Gasteiger partial charge in [-0.2, -0.15) is 0 Å². The third-order valence-corrected chi connectivity index (χ3v) is 4.70. The topological polar surface area (TPSA) is 0 Å². The molecule has 0 bridgehead atoms. The predicted molar refractivity (Wildman–Crippen MR) is 39.3 cm³/mol. The Morgan fingerprint density at radius 3 is 2.00 bits per heavy atom. The zero-order valence-electron chi connectivity index (χ0n) is 6.03. The molecule has 4 aliphatic carbocycles. The van der Waals surface area contributed by atoms with Gasteiger partial charge in [0.2, 0.25) is 0 Å². The second-order valence-corrected chi connectivity index (χ2v) is 4.60. The van der Waals surface area contributed by atoms with Crippen molar-refractivity contribution in [3.05, 3.63) is 12.2 Å². The first-order valence-electron chi connectivity index (χ1n) is 4.65. The molecule has 3 saturated carbocycles. The van der Waals surface area contributed by atoms with Gasteiger partial charge in [0, 0.05) is 0 Å². The van der Waals surface area contributed by atoms with Crippen molar-refractivity contribution >= 4 is 0 Å². The summed E-state index contributed by atoms with van der Waals surface area (Å²) in [6.07, 6.45) is 8.18. The second-order valence-electron chi connectivity index (χ2n) is 4.60. The molecule has 0 radical (unpaired) electrons. The van der Waals surface area contributed by atoms with E-state index in [0.717, 1.165) is 29.6 Å². The Kier molecular flexibility index (Phi) is 0.508. The summed E-state index contributed by atoms with van der Waals surface area (Å²) >= 11 is 0. The Morgan fingerprint density at radius 1 is 0.800 bits per heavy atom. The highest BCUT2D eigenvalue weighted by Crippen LogP contribution is 2.74. The molecule has 10 heavy (non-hydrogen) atoms. The SMILES string of the molecule is C1=C[C@H]2C3C4[C@H](CC[C@@H]42)[C@H]13. The van der Waals surface area contributed by atoms with Crippen molar-refractivity contribution in [2.75, 3.05) is 0 Å². The van der Waals surface area contributed by atoms with Crippen molar-refractivity contribution in [2.24, 2.45) is 35.5 Å². The van der Waals surface area contributed by atoms with Crippen LogP contribution in [-0.2, 0) is 0 Å². The van der Waals surface area contributed by atoms with E-state index in [1.165, 1.54) is 5.92 Å². The van der Waals surface area contributed by atoms with Gasteiger partial charge in [-0.1, -0.05) is 12.2 Å². The van der Waals surface area contributed by atoms with E-state index in [1.807, 2.05) is 0 Å². The van der Waals surface area contributed by atoms with Crippen LogP contribution in [0, 0.1) is 35.5 Å². The summed E-state index contributed by atoms with van der Waals surface area (Å²) in [4.78, 5) is 0. The van der Waals surface area contributed by atoms with Crippen LogP contribution >= 0.6 is 0 Å². The third-order valence-electron chi connectivity index (χ3n) is 4.70. The monoisotopic (exact) mass is 132 g/mol. The number of fused-ring (bicyclic) bond motifs is 2. The molecule has 3 fully saturated rings. The number of rotatable bonds is 0. The zero-order valence-corrected chi connectivity index (χ0v) is 6.03. The van der Waals surface area contributed by atoms with E-state index in [-0.39, 0.29) is 0 Å². The Bertz CT molecular complexity index is 206. The van der Waals surface area contributed by atoms with Crippen LogP contribution in [0.15, 0.2) is 12.2 Å². The van der Waals surface area contributed by atoms with E-state index in [0.29, 0.717) is 0 Å². The fourth-order valence-electron chi connectivity index (χ4n) is 4.40. The minimum atomic E-state index is 1.06. The standard InChI is InChI=1S/C10H12/c1-2-6-8-4-3-7-5(1)9(6)10(7)8/h1-2,5-10H,3-4H2/t5-,6+,7-,8-,9?,10?/m1/s1. The summed E-state index contributed by atoms with van der Waals surface area (Å²) in [5.74, 6) is 6.82. The molecule has 0 amide bonds. The van der Waals surface area contributed by atoms with Crippen LogP contribution in [0.4, 0.5) is 0 Å². The lowest BCUT2D eigenvalue weighted by atomic mass is 9.44. The van der Waals surface area contributed by atoms with Gasteiger partial charge in [0.25, 0.3) is 0 Å². The van der Waals surface area contributed by atoms with Crippen LogP contribution in [-0.4, -0.2) is 0 Å². The summed E-state index contributed by atoms with van der Waals surface area (Å²) in [6, 6.07) is 0. The van der Waals surface area contributed by atoms with Gasteiger partial charge < -0.3 is 0 Å². The summed E-state index contributed by atoms with van der Waals surface area (Å²) in [5.41, 5.74) is 0. The van der Waals surface area contributed by atoms with E-state index in [9.17, 15) is 0 Å². The predicted octanol–water partition coefficient (Wildman–Crippen LogP) is 2.07. The van der Waals surface area contributed by atoms with Gasteiger partial charge in [0.1, 0.15) is 0 Å². The maximum atomic E-state index is 2.52. The maximum absolute atomic E-state index is 2.52. The van der Waals surface area contributed by atoms with Crippen LogP contribution in [0.3, 0.4) is 0 Å². The average molecular weight is 132 g/mol. The highest BCUT2D eigenvalue weighted by Gasteiger charge is 2.69. The molecule has 0 spiro atoms. The molecule has 52 valence electrons. The first-order valence-corrected chi connectivity index (χ1v) is 4.65. The van der Waals surface area contributed by atoms with Crippen LogP contribution in [0.25, 0.3) is 0 Å². The lowest BCUT2D eigenvalue weighted by Gasteiger charge is -2.59. The first kappa shape index (κ1) is 4.58. The molecule has 6 atom stereocenters. The molecule has 0 aliphatic heterocycles. The summed E-state index contributed by atoms with van der Waals surface area (Å²) in [5, 5.41) is 0. The third kappa shape index (κ3) is 0.247.